The summed E-state index contributed by atoms with van der Waals surface area (Å²) in [4.78, 5) is 11.6. The van der Waals surface area contributed by atoms with Gasteiger partial charge in [-0.2, -0.15) is 0 Å². The van der Waals surface area contributed by atoms with Crippen molar-refractivity contribution in [3.8, 4) is 0 Å². The summed E-state index contributed by atoms with van der Waals surface area (Å²) in [7, 11) is -3.30. The Morgan fingerprint density at radius 3 is 2.10 bits per heavy atom. The Labute approximate surface area is 119 Å². The quantitative estimate of drug-likeness (QED) is 0.868. The SMILES string of the molecule is CC(C)(C)OCC(=O)Nc1ccc(NS(C)(=O)=O)cc1. The summed E-state index contributed by atoms with van der Waals surface area (Å²) >= 11 is 0. The van der Waals surface area contributed by atoms with Crippen LogP contribution in [-0.4, -0.2) is 32.8 Å². The molecule has 20 heavy (non-hydrogen) atoms. The molecule has 2 N–H and O–H groups in total. The zero-order valence-corrected chi connectivity index (χ0v) is 12.9. The maximum absolute atomic E-state index is 11.6. The fourth-order valence-corrected chi connectivity index (χ4v) is 1.88. The Kier molecular flexibility index (Phi) is 5.13. The summed E-state index contributed by atoms with van der Waals surface area (Å²) < 4.78 is 29.8. The Balaban J connectivity index is 2.55. The zero-order chi connectivity index (χ0) is 15.4. The summed E-state index contributed by atoms with van der Waals surface area (Å²) in [6, 6.07) is 6.37. The minimum Gasteiger partial charge on any atom is -0.366 e. The summed E-state index contributed by atoms with van der Waals surface area (Å²) in [6.45, 7) is 5.57. The highest BCUT2D eigenvalue weighted by Gasteiger charge is 2.13. The Morgan fingerprint density at radius 1 is 1.15 bits per heavy atom. The maximum atomic E-state index is 11.6. The van der Waals surface area contributed by atoms with Crippen LogP contribution in [-0.2, 0) is 19.6 Å². The van der Waals surface area contributed by atoms with Crippen LogP contribution in [0.1, 0.15) is 20.8 Å². The van der Waals surface area contributed by atoms with Crippen molar-refractivity contribution in [2.45, 2.75) is 26.4 Å². The fourth-order valence-electron chi connectivity index (χ4n) is 1.31. The van der Waals surface area contributed by atoms with Crippen molar-refractivity contribution < 1.29 is 17.9 Å². The number of nitrogens with one attached hydrogen (secondary N) is 2. The van der Waals surface area contributed by atoms with Crippen molar-refractivity contribution in [3.05, 3.63) is 24.3 Å². The van der Waals surface area contributed by atoms with Gasteiger partial charge in [0.25, 0.3) is 0 Å². The Hall–Kier alpha value is -1.60. The first kappa shape index (κ1) is 16.5. The van der Waals surface area contributed by atoms with Crippen molar-refractivity contribution in [2.75, 3.05) is 22.9 Å². The highest BCUT2D eigenvalue weighted by molar-refractivity contribution is 7.92. The standard InChI is InChI=1S/C13H20N2O4S/c1-13(2,3)19-9-12(16)14-10-5-7-11(8-6-10)15-20(4,17)18/h5-8,15H,9H2,1-4H3,(H,14,16). The lowest BCUT2D eigenvalue weighted by molar-refractivity contribution is -0.125. The summed E-state index contributed by atoms with van der Waals surface area (Å²) in [6.07, 6.45) is 1.08. The minimum atomic E-state index is -3.30. The van der Waals surface area contributed by atoms with Gasteiger partial charge in [0.1, 0.15) is 6.61 Å². The molecule has 0 aromatic heterocycles. The van der Waals surface area contributed by atoms with Crippen molar-refractivity contribution in [1.82, 2.24) is 0 Å². The topological polar surface area (TPSA) is 84.5 Å². The van der Waals surface area contributed by atoms with Crippen molar-refractivity contribution in [3.63, 3.8) is 0 Å². The second-order valence-electron chi connectivity index (χ2n) is 5.40. The first-order chi connectivity index (χ1) is 9.05. The number of anilines is 2. The van der Waals surface area contributed by atoms with E-state index in [1.807, 2.05) is 20.8 Å². The van der Waals surface area contributed by atoms with Crippen LogP contribution in [0.15, 0.2) is 24.3 Å². The predicted molar refractivity (Wildman–Crippen MR) is 79.2 cm³/mol. The lowest BCUT2D eigenvalue weighted by Crippen LogP contribution is -2.27. The van der Waals surface area contributed by atoms with Crippen LogP contribution in [0.5, 0.6) is 0 Å². The van der Waals surface area contributed by atoms with E-state index < -0.39 is 10.0 Å². The second-order valence-corrected chi connectivity index (χ2v) is 7.15. The molecule has 0 aliphatic rings. The number of amides is 1. The van der Waals surface area contributed by atoms with Crippen LogP contribution in [0.25, 0.3) is 0 Å². The summed E-state index contributed by atoms with van der Waals surface area (Å²) in [5.41, 5.74) is 0.642. The van der Waals surface area contributed by atoms with E-state index in [9.17, 15) is 13.2 Å². The predicted octanol–water partition coefficient (Wildman–Crippen LogP) is 1.81. The molecule has 0 aliphatic carbocycles. The molecule has 7 heteroatoms. The third-order valence-electron chi connectivity index (χ3n) is 2.11. The van der Waals surface area contributed by atoms with Crippen molar-refractivity contribution in [2.24, 2.45) is 0 Å². The maximum Gasteiger partial charge on any atom is 0.250 e. The van der Waals surface area contributed by atoms with Gasteiger partial charge in [0.2, 0.25) is 15.9 Å². The highest BCUT2D eigenvalue weighted by Crippen LogP contribution is 2.14. The molecule has 1 aromatic rings. The lowest BCUT2D eigenvalue weighted by atomic mass is 10.2. The van der Waals surface area contributed by atoms with Crippen LogP contribution >= 0.6 is 0 Å². The third kappa shape index (κ3) is 7.10. The van der Waals surface area contributed by atoms with Gasteiger partial charge in [0, 0.05) is 11.4 Å². The molecule has 6 nitrogen and oxygen atoms in total. The molecule has 1 aromatic carbocycles. The molecule has 0 heterocycles. The average molecular weight is 300 g/mol. The molecular formula is C13H20N2O4S. The monoisotopic (exact) mass is 300 g/mol. The second kappa shape index (κ2) is 6.23. The number of ether oxygens (including phenoxy) is 1. The molecule has 0 bridgehead atoms. The summed E-state index contributed by atoms with van der Waals surface area (Å²) in [5.74, 6) is -0.260. The van der Waals surface area contributed by atoms with Crippen LogP contribution in [0.2, 0.25) is 0 Å². The Morgan fingerprint density at radius 2 is 1.65 bits per heavy atom. The largest absolute Gasteiger partial charge is 0.366 e. The number of hydrogen-bond donors (Lipinski definition) is 2. The van der Waals surface area contributed by atoms with Gasteiger partial charge in [-0.1, -0.05) is 0 Å². The van der Waals surface area contributed by atoms with Gasteiger partial charge in [-0.25, -0.2) is 8.42 Å². The van der Waals surface area contributed by atoms with E-state index in [-0.39, 0.29) is 18.1 Å². The molecule has 0 unspecified atom stereocenters. The number of sulfonamides is 1. The molecule has 0 spiro atoms. The van der Waals surface area contributed by atoms with Gasteiger partial charge in [-0.15, -0.1) is 0 Å². The van der Waals surface area contributed by atoms with E-state index in [0.717, 1.165) is 6.26 Å². The van der Waals surface area contributed by atoms with E-state index in [1.54, 1.807) is 24.3 Å². The molecular weight excluding hydrogens is 280 g/mol. The molecule has 0 aliphatic heterocycles. The fraction of sp³-hybridized carbons (Fsp3) is 0.462. The molecule has 0 saturated carbocycles. The lowest BCUT2D eigenvalue weighted by Gasteiger charge is -2.19. The van der Waals surface area contributed by atoms with E-state index in [0.29, 0.717) is 11.4 Å². The van der Waals surface area contributed by atoms with Gasteiger partial charge in [-0.05, 0) is 45.0 Å². The van der Waals surface area contributed by atoms with Gasteiger partial charge in [-0.3, -0.25) is 9.52 Å². The average Bonchev–Trinajstić information content (AvgIpc) is 2.26. The molecule has 0 atom stereocenters. The van der Waals surface area contributed by atoms with E-state index in [4.69, 9.17) is 4.74 Å². The van der Waals surface area contributed by atoms with Gasteiger partial charge in [0.05, 0.1) is 11.9 Å². The van der Waals surface area contributed by atoms with Crippen molar-refractivity contribution >= 4 is 27.3 Å². The third-order valence-corrected chi connectivity index (χ3v) is 2.71. The Bertz CT molecular complexity index is 559. The van der Waals surface area contributed by atoms with Gasteiger partial charge >= 0.3 is 0 Å². The number of benzene rings is 1. The number of carbonyl (C=O) groups is 1. The van der Waals surface area contributed by atoms with Gasteiger partial charge in [0.15, 0.2) is 0 Å². The van der Waals surface area contributed by atoms with E-state index in [2.05, 4.69) is 10.0 Å². The number of carbonyl (C=O) groups excluding carboxylic acids is 1. The van der Waals surface area contributed by atoms with Crippen LogP contribution in [0, 0.1) is 0 Å². The highest BCUT2D eigenvalue weighted by atomic mass is 32.2. The number of hydrogen-bond acceptors (Lipinski definition) is 4. The molecule has 112 valence electrons. The van der Waals surface area contributed by atoms with Crippen LogP contribution in [0.4, 0.5) is 11.4 Å². The van der Waals surface area contributed by atoms with Crippen LogP contribution in [0.3, 0.4) is 0 Å². The smallest absolute Gasteiger partial charge is 0.250 e. The molecule has 0 radical (unpaired) electrons. The summed E-state index contributed by atoms with van der Waals surface area (Å²) in [5, 5.41) is 2.66. The van der Waals surface area contributed by atoms with E-state index >= 15 is 0 Å². The molecule has 1 amide bonds. The number of rotatable bonds is 5. The normalized spacial score (nSPS) is 12.0. The first-order valence-electron chi connectivity index (χ1n) is 6.07. The minimum absolute atomic E-state index is 0.0349. The molecule has 1 rings (SSSR count). The van der Waals surface area contributed by atoms with E-state index in [1.165, 1.54) is 0 Å². The first-order valence-corrected chi connectivity index (χ1v) is 7.96. The van der Waals surface area contributed by atoms with Crippen LogP contribution < -0.4 is 10.0 Å². The zero-order valence-electron chi connectivity index (χ0n) is 12.1. The van der Waals surface area contributed by atoms with Crippen molar-refractivity contribution in [1.29, 1.82) is 0 Å². The molecule has 0 saturated heterocycles. The molecule has 0 fully saturated rings. The van der Waals surface area contributed by atoms with Gasteiger partial charge < -0.3 is 10.1 Å².